The fourth-order valence-electron chi connectivity index (χ4n) is 4.92. The number of amides is 2. The number of aromatic nitrogens is 1. The molecule has 0 saturated carbocycles. The van der Waals surface area contributed by atoms with E-state index in [1.54, 1.807) is 16.8 Å². The van der Waals surface area contributed by atoms with Gasteiger partial charge in [0.1, 0.15) is 5.69 Å². The molecule has 0 spiro atoms. The average Bonchev–Trinajstić information content (AvgIpc) is 3.15. The van der Waals surface area contributed by atoms with Crippen molar-refractivity contribution in [3.8, 4) is 11.1 Å². The summed E-state index contributed by atoms with van der Waals surface area (Å²) in [6.45, 7) is 6.47. The maximum Gasteiger partial charge on any atom is 0.271 e. The van der Waals surface area contributed by atoms with E-state index >= 15 is 0 Å². The number of likely N-dealkylation sites (N-methyl/N-ethyl adjacent to an activating group) is 1. The predicted molar refractivity (Wildman–Crippen MR) is 137 cm³/mol. The van der Waals surface area contributed by atoms with Gasteiger partial charge in [-0.15, -0.1) is 0 Å². The number of rotatable bonds is 4. The van der Waals surface area contributed by atoms with E-state index in [4.69, 9.17) is 4.74 Å². The van der Waals surface area contributed by atoms with Gasteiger partial charge in [-0.1, -0.05) is 49.4 Å². The molecular formula is C28H35N3O4. The molecule has 2 amide bonds. The number of carbonyl (C=O) groups excluding carboxylic acids is 2. The molecule has 3 aromatic rings. The summed E-state index contributed by atoms with van der Waals surface area (Å²) in [5, 5.41) is 11.1. The van der Waals surface area contributed by atoms with Crippen molar-refractivity contribution in [2.24, 2.45) is 13.0 Å². The lowest BCUT2D eigenvalue weighted by Crippen LogP contribution is -2.47. The molecule has 1 aromatic heterocycles. The SMILES string of the molecule is CC(=O)N(C)C[C@H]1OCc2ccccc2-c2c(n(C)c3ccccc23)C(=O)N([C@@H](C)CO)C[C@H]1C. The van der Waals surface area contributed by atoms with Crippen molar-refractivity contribution >= 4 is 22.7 Å². The molecule has 0 aliphatic carbocycles. The molecule has 7 nitrogen and oxygen atoms in total. The zero-order valence-electron chi connectivity index (χ0n) is 21.2. The van der Waals surface area contributed by atoms with Crippen molar-refractivity contribution in [3.63, 3.8) is 0 Å². The Kier molecular flexibility index (Phi) is 7.28. The van der Waals surface area contributed by atoms with Crippen LogP contribution in [0, 0.1) is 5.92 Å². The Hall–Kier alpha value is -3.16. The average molecular weight is 478 g/mol. The van der Waals surface area contributed by atoms with Crippen molar-refractivity contribution in [3.05, 3.63) is 59.8 Å². The second-order valence-electron chi connectivity index (χ2n) is 9.67. The van der Waals surface area contributed by atoms with E-state index in [2.05, 4.69) is 0 Å². The lowest BCUT2D eigenvalue weighted by atomic mass is 9.96. The first-order valence-electron chi connectivity index (χ1n) is 12.1. The molecular weight excluding hydrogens is 442 g/mol. The van der Waals surface area contributed by atoms with Crippen molar-refractivity contribution in [2.75, 3.05) is 26.7 Å². The summed E-state index contributed by atoms with van der Waals surface area (Å²) >= 11 is 0. The Balaban J connectivity index is 1.93. The van der Waals surface area contributed by atoms with Gasteiger partial charge in [0.25, 0.3) is 5.91 Å². The standard InChI is InChI=1S/C28H35N3O4/c1-18-14-31(19(2)16-32)28(34)27-26(23-12-8-9-13-24(23)30(27)5)22-11-7-6-10-21(22)17-35-25(18)15-29(4)20(3)33/h6-13,18-19,25,32H,14-17H2,1-5H3/t18-,19+,25-/m1/s1. The van der Waals surface area contributed by atoms with Crippen LogP contribution in [0.3, 0.4) is 0 Å². The molecule has 1 N–H and O–H groups in total. The van der Waals surface area contributed by atoms with Gasteiger partial charge in [-0.05, 0) is 24.1 Å². The number of aliphatic hydroxyl groups excluding tert-OH is 1. The number of fused-ring (bicyclic) bond motifs is 5. The van der Waals surface area contributed by atoms with Crippen LogP contribution in [-0.4, -0.2) is 70.2 Å². The van der Waals surface area contributed by atoms with Crippen LogP contribution in [0.5, 0.6) is 0 Å². The Morgan fingerprint density at radius 1 is 1.20 bits per heavy atom. The number of aryl methyl sites for hydroxylation is 1. The molecule has 4 rings (SSSR count). The van der Waals surface area contributed by atoms with E-state index in [-0.39, 0.29) is 36.5 Å². The van der Waals surface area contributed by atoms with Crippen LogP contribution in [0.4, 0.5) is 0 Å². The van der Waals surface area contributed by atoms with E-state index < -0.39 is 0 Å². The minimum Gasteiger partial charge on any atom is -0.394 e. The highest BCUT2D eigenvalue weighted by Crippen LogP contribution is 2.38. The lowest BCUT2D eigenvalue weighted by molar-refractivity contribution is -0.130. The summed E-state index contributed by atoms with van der Waals surface area (Å²) in [5.41, 5.74) is 4.41. The third-order valence-electron chi connectivity index (χ3n) is 7.22. The van der Waals surface area contributed by atoms with Gasteiger partial charge < -0.3 is 24.2 Å². The smallest absolute Gasteiger partial charge is 0.271 e. The summed E-state index contributed by atoms with van der Waals surface area (Å²) in [6.07, 6.45) is -0.281. The zero-order valence-corrected chi connectivity index (χ0v) is 21.2. The Morgan fingerprint density at radius 3 is 2.60 bits per heavy atom. The summed E-state index contributed by atoms with van der Waals surface area (Å²) in [5.74, 6) is -0.230. The minimum absolute atomic E-state index is 0.0361. The van der Waals surface area contributed by atoms with Crippen LogP contribution in [0.25, 0.3) is 22.0 Å². The van der Waals surface area contributed by atoms with Crippen LogP contribution < -0.4 is 0 Å². The summed E-state index contributed by atoms with van der Waals surface area (Å²) in [6, 6.07) is 15.7. The van der Waals surface area contributed by atoms with Crippen molar-refractivity contribution in [2.45, 2.75) is 39.5 Å². The van der Waals surface area contributed by atoms with Gasteiger partial charge in [-0.25, -0.2) is 0 Å². The van der Waals surface area contributed by atoms with Gasteiger partial charge >= 0.3 is 0 Å². The number of para-hydroxylation sites is 1. The minimum atomic E-state index is -0.377. The molecule has 1 aliphatic rings. The van der Waals surface area contributed by atoms with Crippen LogP contribution in [0.15, 0.2) is 48.5 Å². The van der Waals surface area contributed by atoms with Crippen LogP contribution in [0.2, 0.25) is 0 Å². The van der Waals surface area contributed by atoms with E-state index in [0.29, 0.717) is 25.4 Å². The highest BCUT2D eigenvalue weighted by atomic mass is 16.5. The van der Waals surface area contributed by atoms with Gasteiger partial charge in [-0.2, -0.15) is 0 Å². The van der Waals surface area contributed by atoms with E-state index in [1.165, 1.54) is 6.92 Å². The van der Waals surface area contributed by atoms with Crippen LogP contribution >= 0.6 is 0 Å². The number of carbonyl (C=O) groups is 2. The summed E-state index contributed by atoms with van der Waals surface area (Å²) in [4.78, 5) is 29.6. The van der Waals surface area contributed by atoms with Gasteiger partial charge in [0.05, 0.1) is 25.4 Å². The van der Waals surface area contributed by atoms with Gasteiger partial charge in [0, 0.05) is 56.5 Å². The molecule has 2 heterocycles. The summed E-state index contributed by atoms with van der Waals surface area (Å²) in [7, 11) is 3.69. The van der Waals surface area contributed by atoms with Crippen LogP contribution in [0.1, 0.15) is 36.8 Å². The highest BCUT2D eigenvalue weighted by molar-refractivity contribution is 6.10. The van der Waals surface area contributed by atoms with Crippen molar-refractivity contribution in [1.82, 2.24) is 14.4 Å². The monoisotopic (exact) mass is 477 g/mol. The highest BCUT2D eigenvalue weighted by Gasteiger charge is 2.33. The number of ether oxygens (including phenoxy) is 1. The van der Waals surface area contributed by atoms with Gasteiger partial charge in [0.2, 0.25) is 5.91 Å². The normalized spacial score (nSPS) is 19.6. The number of benzene rings is 2. The molecule has 3 atom stereocenters. The molecule has 7 heteroatoms. The molecule has 186 valence electrons. The largest absolute Gasteiger partial charge is 0.394 e. The molecule has 0 saturated heterocycles. The molecule has 35 heavy (non-hydrogen) atoms. The Labute approximate surface area is 206 Å². The first-order chi connectivity index (χ1) is 16.7. The fourth-order valence-corrected chi connectivity index (χ4v) is 4.92. The van der Waals surface area contributed by atoms with E-state index in [0.717, 1.165) is 27.6 Å². The number of nitrogens with zero attached hydrogens (tertiary/aromatic N) is 3. The molecule has 1 aliphatic heterocycles. The van der Waals surface area contributed by atoms with Crippen molar-refractivity contribution in [1.29, 1.82) is 0 Å². The maximum absolute atomic E-state index is 14.2. The third-order valence-corrected chi connectivity index (χ3v) is 7.22. The Bertz CT molecular complexity index is 1230. The molecule has 2 aromatic carbocycles. The Morgan fingerprint density at radius 2 is 1.89 bits per heavy atom. The second kappa shape index (κ2) is 10.2. The predicted octanol–water partition coefficient (Wildman–Crippen LogP) is 3.68. The fraction of sp³-hybridized carbons (Fsp3) is 0.429. The third kappa shape index (κ3) is 4.70. The molecule has 0 fully saturated rings. The van der Waals surface area contributed by atoms with Crippen LogP contribution in [-0.2, 0) is 23.2 Å². The zero-order chi connectivity index (χ0) is 25.3. The maximum atomic E-state index is 14.2. The number of hydrogen-bond acceptors (Lipinski definition) is 4. The number of aliphatic hydroxyl groups is 1. The first-order valence-corrected chi connectivity index (χ1v) is 12.1. The molecule has 0 bridgehead atoms. The number of hydrogen-bond donors (Lipinski definition) is 1. The molecule has 0 radical (unpaired) electrons. The quantitative estimate of drug-likeness (QED) is 0.622. The van der Waals surface area contributed by atoms with Gasteiger partial charge in [0.15, 0.2) is 0 Å². The topological polar surface area (TPSA) is 75.0 Å². The lowest BCUT2D eigenvalue weighted by Gasteiger charge is -2.35. The van der Waals surface area contributed by atoms with Gasteiger partial charge in [-0.3, -0.25) is 9.59 Å². The second-order valence-corrected chi connectivity index (χ2v) is 9.67. The summed E-state index contributed by atoms with van der Waals surface area (Å²) < 4.78 is 8.43. The van der Waals surface area contributed by atoms with Crippen molar-refractivity contribution < 1.29 is 19.4 Å². The van der Waals surface area contributed by atoms with E-state index in [1.807, 2.05) is 74.0 Å². The molecule has 0 unspecified atom stereocenters. The van der Waals surface area contributed by atoms with E-state index in [9.17, 15) is 14.7 Å². The first kappa shape index (κ1) is 24.9.